The molecule has 0 fully saturated rings. The molecule has 0 heterocycles. The predicted octanol–water partition coefficient (Wildman–Crippen LogP) is 1.38. The molecule has 0 bridgehead atoms. The van der Waals surface area contributed by atoms with Crippen molar-refractivity contribution in [2.45, 2.75) is 32.3 Å². The van der Waals surface area contributed by atoms with Gasteiger partial charge in [0.25, 0.3) is 0 Å². The first-order valence-electron chi connectivity index (χ1n) is 5.70. The topological polar surface area (TPSA) is 94.8 Å². The third-order valence-electron chi connectivity index (χ3n) is 2.78. The van der Waals surface area contributed by atoms with Crippen molar-refractivity contribution >= 4 is 11.9 Å². The van der Waals surface area contributed by atoms with Crippen molar-refractivity contribution in [3.8, 4) is 0 Å². The van der Waals surface area contributed by atoms with Crippen LogP contribution in [-0.4, -0.2) is 27.3 Å². The van der Waals surface area contributed by atoms with Crippen molar-refractivity contribution in [3.63, 3.8) is 0 Å². The molecule has 1 rings (SSSR count). The average Bonchev–Trinajstić information content (AvgIpc) is 2.34. The van der Waals surface area contributed by atoms with Crippen LogP contribution >= 0.6 is 0 Å². The summed E-state index contributed by atoms with van der Waals surface area (Å²) in [5.74, 6) is -2.28. The molecule has 0 radical (unpaired) electrons. The lowest BCUT2D eigenvalue weighted by Crippen LogP contribution is -2.15. The molecule has 0 aliphatic rings. The van der Waals surface area contributed by atoms with E-state index in [1.54, 1.807) is 18.2 Å². The van der Waals surface area contributed by atoms with Crippen LogP contribution in [0.4, 0.5) is 0 Å². The summed E-state index contributed by atoms with van der Waals surface area (Å²) in [6.45, 7) is 1.86. The zero-order valence-corrected chi connectivity index (χ0v) is 10.1. The summed E-state index contributed by atoms with van der Waals surface area (Å²) in [6.07, 6.45) is -0.902. The Labute approximate surface area is 105 Å². The van der Waals surface area contributed by atoms with Crippen LogP contribution in [0.25, 0.3) is 0 Å². The molecule has 18 heavy (non-hydrogen) atoms. The van der Waals surface area contributed by atoms with Gasteiger partial charge in [-0.05, 0) is 29.5 Å². The van der Waals surface area contributed by atoms with E-state index < -0.39 is 18.0 Å². The molecule has 5 heteroatoms. The van der Waals surface area contributed by atoms with Crippen molar-refractivity contribution in [2.24, 2.45) is 0 Å². The lowest BCUT2D eigenvalue weighted by molar-refractivity contribution is -0.147. The molecule has 0 spiro atoms. The van der Waals surface area contributed by atoms with Crippen LogP contribution in [-0.2, 0) is 22.4 Å². The number of carboxylic acids is 2. The molecule has 5 nitrogen and oxygen atoms in total. The molecule has 1 aromatic rings. The van der Waals surface area contributed by atoms with Gasteiger partial charge in [0, 0.05) is 6.42 Å². The standard InChI is InChI=1S/C13H16O5/c1-2-8-4-3-5-9(6-7-10(14)15)11(8)12(16)13(17)18/h3-5,12,16H,2,6-7H2,1H3,(H,14,15)(H,17,18). The molecular formula is C13H16O5. The molecule has 3 N–H and O–H groups in total. The van der Waals surface area contributed by atoms with Crippen LogP contribution in [0.5, 0.6) is 0 Å². The number of aliphatic hydroxyl groups is 1. The summed E-state index contributed by atoms with van der Waals surface area (Å²) in [5, 5.41) is 27.3. The van der Waals surface area contributed by atoms with Crippen molar-refractivity contribution < 1.29 is 24.9 Å². The SMILES string of the molecule is CCc1cccc(CCC(=O)O)c1C(O)C(=O)O. The zero-order valence-electron chi connectivity index (χ0n) is 10.1. The van der Waals surface area contributed by atoms with Crippen molar-refractivity contribution in [2.75, 3.05) is 0 Å². The van der Waals surface area contributed by atoms with E-state index in [4.69, 9.17) is 10.2 Å². The Morgan fingerprint density at radius 2 is 1.83 bits per heavy atom. The lowest BCUT2D eigenvalue weighted by Gasteiger charge is -2.16. The fourth-order valence-electron chi connectivity index (χ4n) is 1.91. The number of benzene rings is 1. The second kappa shape index (κ2) is 6.16. The minimum absolute atomic E-state index is 0.0908. The van der Waals surface area contributed by atoms with Crippen LogP contribution < -0.4 is 0 Å². The molecule has 1 unspecified atom stereocenters. The van der Waals surface area contributed by atoms with Gasteiger partial charge in [-0.3, -0.25) is 4.79 Å². The highest BCUT2D eigenvalue weighted by molar-refractivity contribution is 5.75. The van der Waals surface area contributed by atoms with Crippen molar-refractivity contribution in [1.29, 1.82) is 0 Å². The number of carboxylic acid groups (broad SMARTS) is 2. The molecule has 0 aliphatic heterocycles. The second-order valence-electron chi connectivity index (χ2n) is 3.98. The lowest BCUT2D eigenvalue weighted by atomic mass is 9.92. The van der Waals surface area contributed by atoms with Gasteiger partial charge >= 0.3 is 11.9 Å². The summed E-state index contributed by atoms with van der Waals surface area (Å²) in [4.78, 5) is 21.5. The van der Waals surface area contributed by atoms with E-state index in [2.05, 4.69) is 0 Å². The van der Waals surface area contributed by atoms with Gasteiger partial charge in [-0.15, -0.1) is 0 Å². The van der Waals surface area contributed by atoms with Crippen LogP contribution in [0.3, 0.4) is 0 Å². The van der Waals surface area contributed by atoms with E-state index in [1.165, 1.54) is 0 Å². The van der Waals surface area contributed by atoms with E-state index in [9.17, 15) is 14.7 Å². The van der Waals surface area contributed by atoms with Gasteiger partial charge in [-0.2, -0.15) is 0 Å². The first-order valence-corrected chi connectivity index (χ1v) is 5.70. The third kappa shape index (κ3) is 3.30. The Morgan fingerprint density at radius 3 is 2.33 bits per heavy atom. The van der Waals surface area contributed by atoms with Crippen LogP contribution in [0.15, 0.2) is 18.2 Å². The second-order valence-corrected chi connectivity index (χ2v) is 3.98. The summed E-state index contributed by atoms with van der Waals surface area (Å²) < 4.78 is 0. The number of aliphatic carboxylic acids is 2. The summed E-state index contributed by atoms with van der Waals surface area (Å²) >= 11 is 0. The monoisotopic (exact) mass is 252 g/mol. The van der Waals surface area contributed by atoms with E-state index in [0.29, 0.717) is 17.5 Å². The van der Waals surface area contributed by atoms with E-state index in [1.807, 2.05) is 6.92 Å². The Bertz CT molecular complexity index is 453. The Balaban J connectivity index is 3.15. The summed E-state index contributed by atoms with van der Waals surface area (Å²) in [5.41, 5.74) is 1.63. The van der Waals surface area contributed by atoms with Crippen molar-refractivity contribution in [3.05, 3.63) is 34.9 Å². The number of hydrogen-bond acceptors (Lipinski definition) is 3. The van der Waals surface area contributed by atoms with Gasteiger partial charge in [0.15, 0.2) is 6.10 Å². The number of hydrogen-bond donors (Lipinski definition) is 3. The van der Waals surface area contributed by atoms with Gasteiger partial charge < -0.3 is 15.3 Å². The quantitative estimate of drug-likeness (QED) is 0.711. The molecule has 1 aromatic carbocycles. The molecule has 0 amide bonds. The Morgan fingerprint density at radius 1 is 1.22 bits per heavy atom. The summed E-state index contributed by atoms with van der Waals surface area (Å²) in [7, 11) is 0. The molecule has 1 atom stereocenters. The molecule has 0 saturated carbocycles. The van der Waals surface area contributed by atoms with Crippen LogP contribution in [0, 0.1) is 0 Å². The highest BCUT2D eigenvalue weighted by Crippen LogP contribution is 2.24. The van der Waals surface area contributed by atoms with Crippen LogP contribution in [0.1, 0.15) is 36.1 Å². The zero-order chi connectivity index (χ0) is 13.7. The molecule has 98 valence electrons. The maximum Gasteiger partial charge on any atom is 0.337 e. The molecule has 0 aromatic heterocycles. The Hall–Kier alpha value is -1.88. The van der Waals surface area contributed by atoms with Gasteiger partial charge in [0.2, 0.25) is 0 Å². The highest BCUT2D eigenvalue weighted by atomic mass is 16.4. The van der Waals surface area contributed by atoms with Gasteiger partial charge in [-0.25, -0.2) is 4.79 Å². The molecule has 0 saturated heterocycles. The summed E-state index contributed by atoms with van der Waals surface area (Å²) in [6, 6.07) is 5.14. The minimum Gasteiger partial charge on any atom is -0.481 e. The first-order chi connectivity index (χ1) is 8.47. The predicted molar refractivity (Wildman–Crippen MR) is 64.4 cm³/mol. The maximum absolute atomic E-state index is 10.9. The number of carbonyl (C=O) groups is 2. The van der Waals surface area contributed by atoms with E-state index in [-0.39, 0.29) is 12.8 Å². The normalized spacial score (nSPS) is 12.1. The van der Waals surface area contributed by atoms with Gasteiger partial charge in [0.05, 0.1) is 0 Å². The van der Waals surface area contributed by atoms with Gasteiger partial charge in [0.1, 0.15) is 0 Å². The molecule has 0 aliphatic carbocycles. The molecular weight excluding hydrogens is 236 g/mol. The largest absolute Gasteiger partial charge is 0.481 e. The van der Waals surface area contributed by atoms with Crippen LogP contribution in [0.2, 0.25) is 0 Å². The average molecular weight is 252 g/mol. The maximum atomic E-state index is 10.9. The fraction of sp³-hybridized carbons (Fsp3) is 0.385. The van der Waals surface area contributed by atoms with E-state index >= 15 is 0 Å². The van der Waals surface area contributed by atoms with Gasteiger partial charge in [-0.1, -0.05) is 25.1 Å². The smallest absolute Gasteiger partial charge is 0.337 e. The highest BCUT2D eigenvalue weighted by Gasteiger charge is 2.22. The number of rotatable bonds is 6. The van der Waals surface area contributed by atoms with E-state index in [0.717, 1.165) is 5.56 Å². The number of aliphatic hydroxyl groups excluding tert-OH is 1. The minimum atomic E-state index is -1.61. The Kier molecular flexibility index (Phi) is 4.85. The van der Waals surface area contributed by atoms with Crippen molar-refractivity contribution in [1.82, 2.24) is 0 Å². The third-order valence-corrected chi connectivity index (χ3v) is 2.78. The first kappa shape index (κ1) is 14.2. The number of aryl methyl sites for hydroxylation is 2. The fourth-order valence-corrected chi connectivity index (χ4v) is 1.91.